The SMILES string of the molecule is CN(C)S(=O)(=O)c1ccc(CNC(=O)c2cnn3c(-c4ccccc4)ccnc23)s1. The molecule has 1 N–H and O–H groups in total. The van der Waals surface area contributed by atoms with Crippen LogP contribution in [0.4, 0.5) is 0 Å². The molecule has 3 aromatic heterocycles. The average molecular weight is 442 g/mol. The van der Waals surface area contributed by atoms with Crippen LogP contribution in [0.2, 0.25) is 0 Å². The normalized spacial score (nSPS) is 11.8. The Morgan fingerprint density at radius 3 is 2.63 bits per heavy atom. The number of nitrogens with zero attached hydrogens (tertiary/aromatic N) is 4. The van der Waals surface area contributed by atoms with E-state index in [2.05, 4.69) is 15.4 Å². The van der Waals surface area contributed by atoms with Crippen LogP contribution in [0.5, 0.6) is 0 Å². The quantitative estimate of drug-likeness (QED) is 0.496. The number of fused-ring (bicyclic) bond motifs is 1. The van der Waals surface area contributed by atoms with Crippen molar-refractivity contribution in [2.75, 3.05) is 14.1 Å². The van der Waals surface area contributed by atoms with Gasteiger partial charge in [-0.05, 0) is 18.2 Å². The molecule has 8 nitrogen and oxygen atoms in total. The second kappa shape index (κ2) is 7.98. The molecule has 0 aliphatic rings. The maximum absolute atomic E-state index is 12.7. The number of aromatic nitrogens is 3. The van der Waals surface area contributed by atoms with Gasteiger partial charge in [-0.3, -0.25) is 4.79 Å². The van der Waals surface area contributed by atoms with E-state index in [1.165, 1.54) is 20.3 Å². The zero-order valence-corrected chi connectivity index (χ0v) is 17.9. The standard InChI is InChI=1S/C20H19N5O3S2/c1-24(2)30(27,28)18-9-8-15(29-18)12-22-20(26)16-13-23-25-17(10-11-21-19(16)25)14-6-4-3-5-7-14/h3-11,13H,12H2,1-2H3,(H,22,26). The van der Waals surface area contributed by atoms with Crippen molar-refractivity contribution in [3.63, 3.8) is 0 Å². The van der Waals surface area contributed by atoms with Gasteiger partial charge in [0, 0.05) is 30.7 Å². The number of nitrogens with one attached hydrogen (secondary N) is 1. The molecule has 0 saturated carbocycles. The highest BCUT2D eigenvalue weighted by molar-refractivity contribution is 7.91. The van der Waals surface area contributed by atoms with E-state index >= 15 is 0 Å². The van der Waals surface area contributed by atoms with Crippen LogP contribution in [0.15, 0.2) is 65.1 Å². The molecule has 3 heterocycles. The van der Waals surface area contributed by atoms with E-state index in [-0.39, 0.29) is 16.7 Å². The van der Waals surface area contributed by atoms with Crippen LogP contribution in [0.1, 0.15) is 15.2 Å². The maximum Gasteiger partial charge on any atom is 0.257 e. The molecule has 10 heteroatoms. The van der Waals surface area contributed by atoms with E-state index in [0.29, 0.717) is 11.2 Å². The lowest BCUT2D eigenvalue weighted by molar-refractivity contribution is 0.0952. The number of carbonyl (C=O) groups is 1. The van der Waals surface area contributed by atoms with Gasteiger partial charge in [0.05, 0.1) is 18.4 Å². The van der Waals surface area contributed by atoms with Gasteiger partial charge in [-0.15, -0.1) is 11.3 Å². The summed E-state index contributed by atoms with van der Waals surface area (Å²) in [7, 11) is -0.513. The molecule has 0 bridgehead atoms. The van der Waals surface area contributed by atoms with Crippen molar-refractivity contribution in [3.8, 4) is 11.3 Å². The van der Waals surface area contributed by atoms with Gasteiger partial charge in [-0.2, -0.15) is 5.10 Å². The molecule has 154 valence electrons. The molecule has 1 aromatic carbocycles. The minimum atomic E-state index is -3.48. The summed E-state index contributed by atoms with van der Waals surface area (Å²) in [5.74, 6) is -0.326. The fourth-order valence-electron chi connectivity index (χ4n) is 2.91. The molecule has 0 atom stereocenters. The summed E-state index contributed by atoms with van der Waals surface area (Å²) in [6, 6.07) is 14.8. The molecule has 0 aliphatic carbocycles. The van der Waals surface area contributed by atoms with Crippen molar-refractivity contribution < 1.29 is 13.2 Å². The van der Waals surface area contributed by atoms with E-state index < -0.39 is 10.0 Å². The van der Waals surface area contributed by atoms with Crippen LogP contribution < -0.4 is 5.32 Å². The average Bonchev–Trinajstić information content (AvgIpc) is 3.40. The highest BCUT2D eigenvalue weighted by Crippen LogP contribution is 2.24. The van der Waals surface area contributed by atoms with Gasteiger partial charge in [-0.25, -0.2) is 22.2 Å². The number of amides is 1. The van der Waals surface area contributed by atoms with Crippen LogP contribution in [-0.2, 0) is 16.6 Å². The van der Waals surface area contributed by atoms with Crippen LogP contribution >= 0.6 is 11.3 Å². The highest BCUT2D eigenvalue weighted by atomic mass is 32.2. The number of carbonyl (C=O) groups excluding carboxylic acids is 1. The molecule has 30 heavy (non-hydrogen) atoms. The second-order valence-corrected chi connectivity index (χ2v) is 10.2. The Labute approximate surface area is 177 Å². The summed E-state index contributed by atoms with van der Waals surface area (Å²) >= 11 is 1.13. The molecule has 1 amide bonds. The summed E-state index contributed by atoms with van der Waals surface area (Å²) in [5.41, 5.74) is 2.60. The van der Waals surface area contributed by atoms with Gasteiger partial charge in [0.25, 0.3) is 15.9 Å². The topological polar surface area (TPSA) is 96.7 Å². The third-order valence-corrected chi connectivity index (χ3v) is 7.88. The van der Waals surface area contributed by atoms with E-state index in [1.54, 1.807) is 22.8 Å². The van der Waals surface area contributed by atoms with Crippen molar-refractivity contribution in [2.24, 2.45) is 0 Å². The number of benzene rings is 1. The third kappa shape index (κ3) is 3.72. The van der Waals surface area contributed by atoms with E-state index in [0.717, 1.165) is 31.8 Å². The first-order valence-electron chi connectivity index (χ1n) is 9.05. The smallest absolute Gasteiger partial charge is 0.257 e. The van der Waals surface area contributed by atoms with Gasteiger partial charge < -0.3 is 5.32 Å². The molecule has 0 aliphatic heterocycles. The van der Waals surface area contributed by atoms with Crippen LogP contribution in [-0.4, -0.2) is 47.3 Å². The molecule has 0 spiro atoms. The Morgan fingerprint density at radius 2 is 1.90 bits per heavy atom. The van der Waals surface area contributed by atoms with Crippen LogP contribution in [0.3, 0.4) is 0 Å². The molecular formula is C20H19N5O3S2. The second-order valence-electron chi connectivity index (χ2n) is 6.68. The van der Waals surface area contributed by atoms with Crippen LogP contribution in [0, 0.1) is 0 Å². The summed E-state index contributed by atoms with van der Waals surface area (Å²) in [6.07, 6.45) is 3.13. The first kappa shape index (κ1) is 20.2. The lowest BCUT2D eigenvalue weighted by atomic mass is 10.1. The zero-order valence-electron chi connectivity index (χ0n) is 16.3. The predicted octanol–water partition coefficient (Wildman–Crippen LogP) is 2.64. The summed E-state index contributed by atoms with van der Waals surface area (Å²) in [4.78, 5) is 17.8. The molecule has 4 rings (SSSR count). The maximum atomic E-state index is 12.7. The number of hydrogen-bond acceptors (Lipinski definition) is 6. The highest BCUT2D eigenvalue weighted by Gasteiger charge is 2.20. The molecule has 0 unspecified atom stereocenters. The Hall–Kier alpha value is -3.08. The molecular weight excluding hydrogens is 422 g/mol. The monoisotopic (exact) mass is 441 g/mol. The molecule has 0 fully saturated rings. The van der Waals surface area contributed by atoms with Crippen molar-refractivity contribution in [1.29, 1.82) is 0 Å². The number of hydrogen-bond donors (Lipinski definition) is 1. The first-order chi connectivity index (χ1) is 14.4. The number of rotatable bonds is 6. The van der Waals surface area contributed by atoms with E-state index in [4.69, 9.17) is 0 Å². The minimum absolute atomic E-state index is 0.210. The van der Waals surface area contributed by atoms with Gasteiger partial charge in [0.15, 0.2) is 5.65 Å². The molecule has 0 saturated heterocycles. The number of thiophene rings is 1. The Morgan fingerprint density at radius 1 is 1.13 bits per heavy atom. The largest absolute Gasteiger partial charge is 0.347 e. The Bertz CT molecular complexity index is 1310. The number of sulfonamides is 1. The van der Waals surface area contributed by atoms with E-state index in [9.17, 15) is 13.2 Å². The predicted molar refractivity (Wildman–Crippen MR) is 115 cm³/mol. The third-order valence-electron chi connectivity index (χ3n) is 4.51. The van der Waals surface area contributed by atoms with Crippen molar-refractivity contribution >= 4 is 32.9 Å². The fourth-order valence-corrected chi connectivity index (χ4v) is 5.38. The lowest BCUT2D eigenvalue weighted by Gasteiger charge is -2.08. The molecule has 4 aromatic rings. The van der Waals surface area contributed by atoms with Gasteiger partial charge >= 0.3 is 0 Å². The molecule has 0 radical (unpaired) electrons. The van der Waals surface area contributed by atoms with Crippen molar-refractivity contribution in [3.05, 3.63) is 71.4 Å². The van der Waals surface area contributed by atoms with Crippen LogP contribution in [0.25, 0.3) is 16.9 Å². The summed E-state index contributed by atoms with van der Waals surface area (Å²) < 4.78 is 27.4. The first-order valence-corrected chi connectivity index (χ1v) is 11.3. The van der Waals surface area contributed by atoms with Gasteiger partial charge in [0.1, 0.15) is 9.77 Å². The fraction of sp³-hybridized carbons (Fsp3) is 0.150. The summed E-state index contributed by atoms with van der Waals surface area (Å²) in [6.45, 7) is 0.210. The lowest BCUT2D eigenvalue weighted by Crippen LogP contribution is -2.22. The van der Waals surface area contributed by atoms with Gasteiger partial charge in [-0.1, -0.05) is 30.3 Å². The Kier molecular flexibility index (Phi) is 5.37. The van der Waals surface area contributed by atoms with Crippen molar-refractivity contribution in [1.82, 2.24) is 24.2 Å². The van der Waals surface area contributed by atoms with E-state index in [1.807, 2.05) is 36.4 Å². The minimum Gasteiger partial charge on any atom is -0.347 e. The van der Waals surface area contributed by atoms with Gasteiger partial charge in [0.2, 0.25) is 0 Å². The zero-order chi connectivity index (χ0) is 21.3. The summed E-state index contributed by atoms with van der Waals surface area (Å²) in [5, 5.41) is 7.15. The van der Waals surface area contributed by atoms with Crippen molar-refractivity contribution in [2.45, 2.75) is 10.8 Å². The Balaban J connectivity index is 1.55.